The molecule has 128 valence electrons. The van der Waals surface area contributed by atoms with E-state index in [2.05, 4.69) is 39.2 Å². The van der Waals surface area contributed by atoms with Gasteiger partial charge in [-0.25, -0.2) is 0 Å². The Balaban J connectivity index is 2.02. The first-order valence-electron chi connectivity index (χ1n) is 7.92. The Morgan fingerprint density at radius 1 is 1.26 bits per heavy atom. The molecule has 0 radical (unpaired) electrons. The molecule has 1 aliphatic heterocycles. The van der Waals surface area contributed by atoms with Gasteiger partial charge < -0.3 is 9.74 Å². The number of halogens is 1. The minimum absolute atomic E-state index is 0.0587. The van der Waals surface area contributed by atoms with E-state index in [-0.39, 0.29) is 28.3 Å². The number of benzene rings is 1. The number of hydrogen-bond acceptors (Lipinski definition) is 3. The van der Waals surface area contributed by atoms with Crippen molar-refractivity contribution >= 4 is 37.6 Å². The maximum Gasteiger partial charge on any atom is 0.229 e. The first kappa shape index (κ1) is 18.8. The summed E-state index contributed by atoms with van der Waals surface area (Å²) in [7, 11) is -1.88. The van der Waals surface area contributed by atoms with Crippen LogP contribution in [0.4, 0.5) is 0 Å². The molecule has 0 aliphatic carbocycles. The molecule has 23 heavy (non-hydrogen) atoms. The smallest absolute Gasteiger partial charge is 0.229 e. The largest absolute Gasteiger partial charge is 0.413 e. The Labute approximate surface area is 149 Å². The van der Waals surface area contributed by atoms with Crippen molar-refractivity contribution in [3.05, 3.63) is 29.3 Å². The van der Waals surface area contributed by atoms with Crippen molar-refractivity contribution in [2.45, 2.75) is 62.2 Å². The fourth-order valence-electron chi connectivity index (χ4n) is 2.30. The lowest BCUT2D eigenvalue weighted by Gasteiger charge is -2.45. The number of amides is 1. The Morgan fingerprint density at radius 3 is 2.30 bits per heavy atom. The molecule has 0 aromatic heterocycles. The normalized spacial score (nSPS) is 23.2. The molecule has 0 spiro atoms. The second-order valence-corrected chi connectivity index (χ2v) is 14.0. The molecule has 1 aromatic rings. The maximum atomic E-state index is 12.1. The van der Waals surface area contributed by atoms with Gasteiger partial charge >= 0.3 is 0 Å². The van der Waals surface area contributed by atoms with Crippen LogP contribution in [-0.2, 0) is 9.22 Å². The van der Waals surface area contributed by atoms with Crippen molar-refractivity contribution in [3.63, 3.8) is 0 Å². The molecule has 1 saturated heterocycles. The fourth-order valence-corrected chi connectivity index (χ4v) is 5.11. The molecule has 1 N–H and O–H groups in total. The monoisotopic (exact) mass is 371 g/mol. The van der Waals surface area contributed by atoms with Gasteiger partial charge in [0.25, 0.3) is 0 Å². The number of hydrogen-bond donors (Lipinski definition) is 1. The third-order valence-corrected chi connectivity index (χ3v) is 10.8. The number of β-lactam (4-membered cyclic amide) rings is 1. The molecule has 3 nitrogen and oxygen atoms in total. The highest BCUT2D eigenvalue weighted by molar-refractivity contribution is 8.00. The van der Waals surface area contributed by atoms with Crippen LogP contribution in [-0.4, -0.2) is 25.7 Å². The zero-order chi connectivity index (χ0) is 17.4. The number of rotatable bonds is 5. The molecule has 1 heterocycles. The molecule has 6 heteroatoms. The third kappa shape index (κ3) is 4.32. The predicted molar refractivity (Wildman–Crippen MR) is 100 cm³/mol. The first-order valence-corrected chi connectivity index (χ1v) is 12.1. The standard InChI is InChI=1S/C17H26ClNO2SSi/c1-11(21-23(5,6)17(2,3)4)14-15(20)19-16(14)22-13-9-7-12(18)8-10-13/h7-11,14,16H,1-6H3,(H,19,20)/t11?,14?,16-/m1/s1. The molecule has 0 bridgehead atoms. The number of thioether (sulfide) groups is 1. The molecule has 3 atom stereocenters. The number of carbonyl (C=O) groups is 1. The van der Waals surface area contributed by atoms with E-state index in [4.69, 9.17) is 16.0 Å². The minimum Gasteiger partial charge on any atom is -0.413 e. The van der Waals surface area contributed by atoms with E-state index < -0.39 is 8.32 Å². The molecule has 1 aliphatic rings. The summed E-state index contributed by atoms with van der Waals surface area (Å²) in [6.07, 6.45) is -0.0746. The topological polar surface area (TPSA) is 38.3 Å². The second-order valence-electron chi connectivity index (χ2n) is 7.61. The van der Waals surface area contributed by atoms with Gasteiger partial charge in [0.2, 0.25) is 5.91 Å². The molecule has 2 rings (SSSR count). The Morgan fingerprint density at radius 2 is 1.83 bits per heavy atom. The van der Waals surface area contributed by atoms with E-state index in [0.717, 1.165) is 9.92 Å². The van der Waals surface area contributed by atoms with Crippen molar-refractivity contribution in [1.82, 2.24) is 5.32 Å². The van der Waals surface area contributed by atoms with Gasteiger partial charge in [0, 0.05) is 9.92 Å². The van der Waals surface area contributed by atoms with Crippen molar-refractivity contribution in [2.75, 3.05) is 0 Å². The van der Waals surface area contributed by atoms with Gasteiger partial charge in [0.05, 0.1) is 17.4 Å². The fraction of sp³-hybridized carbons (Fsp3) is 0.588. The number of carbonyl (C=O) groups excluding carboxylic acids is 1. The van der Waals surface area contributed by atoms with E-state index in [0.29, 0.717) is 0 Å². The van der Waals surface area contributed by atoms with Crippen LogP contribution in [0.3, 0.4) is 0 Å². The minimum atomic E-state index is -1.88. The summed E-state index contributed by atoms with van der Waals surface area (Å²) in [5, 5.41) is 3.91. The van der Waals surface area contributed by atoms with E-state index in [1.807, 2.05) is 31.2 Å². The molecule has 1 aromatic carbocycles. The molecule has 1 amide bonds. The predicted octanol–water partition coefficient (Wildman–Crippen LogP) is 4.91. The highest BCUT2D eigenvalue weighted by Crippen LogP contribution is 2.41. The molecule has 0 saturated carbocycles. The van der Waals surface area contributed by atoms with Crippen LogP contribution < -0.4 is 5.32 Å². The average molecular weight is 372 g/mol. The van der Waals surface area contributed by atoms with Crippen LogP contribution in [0.2, 0.25) is 23.2 Å². The van der Waals surface area contributed by atoms with Crippen LogP contribution >= 0.6 is 23.4 Å². The third-order valence-electron chi connectivity index (χ3n) is 4.78. The summed E-state index contributed by atoms with van der Waals surface area (Å²) in [4.78, 5) is 13.2. The van der Waals surface area contributed by atoms with Gasteiger partial charge in [-0.3, -0.25) is 4.79 Å². The lowest BCUT2D eigenvalue weighted by atomic mass is 9.96. The molecular formula is C17H26ClNO2SSi. The maximum absolute atomic E-state index is 12.1. The van der Waals surface area contributed by atoms with E-state index in [9.17, 15) is 4.79 Å². The summed E-state index contributed by atoms with van der Waals surface area (Å²) in [6.45, 7) is 13.1. The zero-order valence-corrected chi connectivity index (χ0v) is 17.2. The summed E-state index contributed by atoms with van der Waals surface area (Å²) < 4.78 is 6.41. The highest BCUT2D eigenvalue weighted by Gasteiger charge is 2.47. The Kier molecular flexibility index (Phi) is 5.56. The van der Waals surface area contributed by atoms with E-state index in [1.54, 1.807) is 11.8 Å². The lowest BCUT2D eigenvalue weighted by molar-refractivity contribution is -0.136. The quantitative estimate of drug-likeness (QED) is 0.590. The summed E-state index contributed by atoms with van der Waals surface area (Å²) >= 11 is 7.58. The van der Waals surface area contributed by atoms with Crippen LogP contribution in [0.15, 0.2) is 29.2 Å². The zero-order valence-electron chi connectivity index (χ0n) is 14.6. The van der Waals surface area contributed by atoms with Crippen LogP contribution in [0, 0.1) is 5.92 Å². The van der Waals surface area contributed by atoms with Crippen LogP contribution in [0.1, 0.15) is 27.7 Å². The van der Waals surface area contributed by atoms with Gasteiger partial charge in [-0.2, -0.15) is 0 Å². The SMILES string of the molecule is CC(O[Si](C)(C)C(C)(C)C)C1C(=O)N[C@@H]1Sc1ccc(Cl)cc1. The molecule has 2 unspecified atom stereocenters. The van der Waals surface area contributed by atoms with Crippen molar-refractivity contribution < 1.29 is 9.22 Å². The first-order chi connectivity index (χ1) is 10.5. The number of nitrogens with one attached hydrogen (secondary N) is 1. The average Bonchev–Trinajstić information content (AvgIpc) is 2.38. The van der Waals surface area contributed by atoms with Crippen LogP contribution in [0.5, 0.6) is 0 Å². The van der Waals surface area contributed by atoms with Gasteiger partial charge in [-0.05, 0) is 49.3 Å². The summed E-state index contributed by atoms with van der Waals surface area (Å²) in [5.41, 5.74) is 0. The van der Waals surface area contributed by atoms with Crippen LogP contribution in [0.25, 0.3) is 0 Å². The Bertz CT molecular complexity index is 571. The second kappa shape index (κ2) is 6.79. The highest BCUT2D eigenvalue weighted by atomic mass is 35.5. The van der Waals surface area contributed by atoms with E-state index in [1.165, 1.54) is 0 Å². The lowest BCUT2D eigenvalue weighted by Crippen LogP contribution is -2.62. The molecule has 1 fully saturated rings. The van der Waals surface area contributed by atoms with Gasteiger partial charge in [0.1, 0.15) is 0 Å². The van der Waals surface area contributed by atoms with Crippen molar-refractivity contribution in [2.24, 2.45) is 5.92 Å². The van der Waals surface area contributed by atoms with Gasteiger partial charge in [-0.1, -0.05) is 32.4 Å². The van der Waals surface area contributed by atoms with E-state index >= 15 is 0 Å². The van der Waals surface area contributed by atoms with Crippen molar-refractivity contribution in [3.8, 4) is 0 Å². The summed E-state index contributed by atoms with van der Waals surface area (Å²) in [5.74, 6) is -0.0209. The van der Waals surface area contributed by atoms with Crippen molar-refractivity contribution in [1.29, 1.82) is 0 Å². The Hall–Kier alpha value is -0.493. The van der Waals surface area contributed by atoms with Gasteiger partial charge in [0.15, 0.2) is 8.32 Å². The molecular weight excluding hydrogens is 346 g/mol. The summed E-state index contributed by atoms with van der Waals surface area (Å²) in [6, 6.07) is 7.70. The van der Waals surface area contributed by atoms with Gasteiger partial charge in [-0.15, -0.1) is 11.8 Å².